The molecule has 30 heavy (non-hydrogen) atoms. The minimum atomic E-state index is -3.31. The molecule has 1 aliphatic heterocycles. The lowest BCUT2D eigenvalue weighted by molar-refractivity contribution is -0.119. The summed E-state index contributed by atoms with van der Waals surface area (Å²) in [5, 5.41) is 5.77. The molecule has 2 N–H and O–H groups in total. The van der Waals surface area contributed by atoms with Crippen molar-refractivity contribution in [3.8, 4) is 0 Å². The Labute approximate surface area is 177 Å². The molecule has 3 rings (SSSR count). The Morgan fingerprint density at radius 3 is 2.63 bits per heavy atom. The Balaban J connectivity index is 1.64. The predicted molar refractivity (Wildman–Crippen MR) is 118 cm³/mol. The predicted octanol–water partition coefficient (Wildman–Crippen LogP) is 2.92. The highest BCUT2D eigenvalue weighted by atomic mass is 32.2. The Hall–Kier alpha value is -2.87. The molecule has 1 unspecified atom stereocenters. The third-order valence-corrected chi connectivity index (χ3v) is 6.48. The maximum atomic E-state index is 12.6. The lowest BCUT2D eigenvalue weighted by atomic mass is 10.1. The zero-order valence-corrected chi connectivity index (χ0v) is 18.3. The maximum Gasteiger partial charge on any atom is 0.251 e. The topological polar surface area (TPSA) is 95.6 Å². The second kappa shape index (κ2) is 8.87. The summed E-state index contributed by atoms with van der Waals surface area (Å²) in [5.74, 6) is -0.323. The van der Waals surface area contributed by atoms with Crippen LogP contribution in [0.2, 0.25) is 0 Å². The van der Waals surface area contributed by atoms with Crippen molar-refractivity contribution < 1.29 is 18.0 Å². The summed E-state index contributed by atoms with van der Waals surface area (Å²) in [5.41, 5.74) is 3.55. The van der Waals surface area contributed by atoms with E-state index in [0.29, 0.717) is 36.4 Å². The highest BCUT2D eigenvalue weighted by Gasteiger charge is 2.26. The van der Waals surface area contributed by atoms with Crippen LogP contribution < -0.4 is 14.9 Å². The smallest absolute Gasteiger partial charge is 0.251 e. The highest BCUT2D eigenvalue weighted by molar-refractivity contribution is 7.92. The van der Waals surface area contributed by atoms with Gasteiger partial charge in [0.1, 0.15) is 0 Å². The fraction of sp³-hybridized carbons (Fsp3) is 0.364. The molecule has 2 aromatic rings. The van der Waals surface area contributed by atoms with Crippen LogP contribution in [-0.4, -0.2) is 33.0 Å². The molecule has 8 heteroatoms. The van der Waals surface area contributed by atoms with E-state index >= 15 is 0 Å². The number of anilines is 2. The molecular formula is C22H27N3O4S. The van der Waals surface area contributed by atoms with Crippen molar-refractivity contribution in [3.05, 3.63) is 59.2 Å². The maximum absolute atomic E-state index is 12.6. The van der Waals surface area contributed by atoms with Crippen LogP contribution in [0.4, 0.5) is 11.4 Å². The number of rotatable bonds is 7. The van der Waals surface area contributed by atoms with Crippen LogP contribution in [0.15, 0.2) is 42.5 Å². The summed E-state index contributed by atoms with van der Waals surface area (Å²) in [6.45, 7) is 4.56. The van der Waals surface area contributed by atoms with Gasteiger partial charge in [-0.3, -0.25) is 13.9 Å². The molecule has 1 atom stereocenters. The Morgan fingerprint density at radius 2 is 1.93 bits per heavy atom. The third kappa shape index (κ3) is 4.99. The molecule has 0 bridgehead atoms. The van der Waals surface area contributed by atoms with Crippen molar-refractivity contribution in [3.63, 3.8) is 0 Å². The summed E-state index contributed by atoms with van der Waals surface area (Å²) in [6.07, 6.45) is 2.54. The van der Waals surface area contributed by atoms with Gasteiger partial charge < -0.3 is 10.6 Å². The number of hydrogen-bond acceptors (Lipinski definition) is 4. The fourth-order valence-electron chi connectivity index (χ4n) is 3.35. The molecule has 0 spiro atoms. The summed E-state index contributed by atoms with van der Waals surface area (Å²) in [6, 6.07) is 12.4. The molecule has 0 aromatic heterocycles. The standard InChI is InChI=1S/C22H27N3O4S/c1-4-15(2)21(26)24-19-7-5-6-16(12-19)14-23-22(27)18-8-9-20-17(13-18)10-11-25(20)30(3,28)29/h5-9,12-13,15H,4,10-11,14H2,1-3H3,(H,23,27)(H,24,26). The van der Waals surface area contributed by atoms with Crippen LogP contribution in [0.3, 0.4) is 0 Å². The van der Waals surface area contributed by atoms with Gasteiger partial charge >= 0.3 is 0 Å². The lowest BCUT2D eigenvalue weighted by Crippen LogP contribution is -2.27. The first-order chi connectivity index (χ1) is 14.2. The number of hydrogen-bond donors (Lipinski definition) is 2. The number of carbonyl (C=O) groups excluding carboxylic acids is 2. The summed E-state index contributed by atoms with van der Waals surface area (Å²) >= 11 is 0. The van der Waals surface area contributed by atoms with Gasteiger partial charge in [0.25, 0.3) is 5.91 Å². The largest absolute Gasteiger partial charge is 0.348 e. The van der Waals surface area contributed by atoms with Crippen LogP contribution >= 0.6 is 0 Å². The van der Waals surface area contributed by atoms with E-state index < -0.39 is 10.0 Å². The first-order valence-corrected chi connectivity index (χ1v) is 11.8. The van der Waals surface area contributed by atoms with Crippen LogP contribution in [0.5, 0.6) is 0 Å². The SMILES string of the molecule is CCC(C)C(=O)Nc1cccc(CNC(=O)c2ccc3c(c2)CCN3S(C)(=O)=O)c1. The number of sulfonamides is 1. The zero-order chi connectivity index (χ0) is 21.9. The summed E-state index contributed by atoms with van der Waals surface area (Å²) in [4.78, 5) is 24.6. The van der Waals surface area contributed by atoms with E-state index in [4.69, 9.17) is 0 Å². The zero-order valence-electron chi connectivity index (χ0n) is 17.4. The first-order valence-electron chi connectivity index (χ1n) is 9.97. The van der Waals surface area contributed by atoms with E-state index in [1.54, 1.807) is 18.2 Å². The van der Waals surface area contributed by atoms with Crippen LogP contribution in [0, 0.1) is 5.92 Å². The van der Waals surface area contributed by atoms with Crippen molar-refractivity contribution >= 4 is 33.2 Å². The molecular weight excluding hydrogens is 402 g/mol. The second-order valence-electron chi connectivity index (χ2n) is 7.61. The molecule has 0 radical (unpaired) electrons. The van der Waals surface area contributed by atoms with E-state index in [1.165, 1.54) is 10.6 Å². The Kier molecular flexibility index (Phi) is 6.45. The third-order valence-electron chi connectivity index (χ3n) is 5.30. The lowest BCUT2D eigenvalue weighted by Gasteiger charge is -2.16. The van der Waals surface area contributed by atoms with Crippen molar-refractivity contribution in [1.82, 2.24) is 5.32 Å². The van der Waals surface area contributed by atoms with Gasteiger partial charge in [-0.25, -0.2) is 8.42 Å². The quantitative estimate of drug-likeness (QED) is 0.707. The minimum absolute atomic E-state index is 0.0278. The van der Waals surface area contributed by atoms with Crippen LogP contribution in [-0.2, 0) is 27.8 Å². The van der Waals surface area contributed by atoms with Crippen LogP contribution in [0.25, 0.3) is 0 Å². The number of nitrogens with one attached hydrogen (secondary N) is 2. The molecule has 0 fully saturated rings. The number of nitrogens with zero attached hydrogens (tertiary/aromatic N) is 1. The molecule has 7 nitrogen and oxygen atoms in total. The molecule has 0 aliphatic carbocycles. The Morgan fingerprint density at radius 1 is 1.17 bits per heavy atom. The monoisotopic (exact) mass is 429 g/mol. The first kappa shape index (κ1) is 21.8. The average molecular weight is 430 g/mol. The highest BCUT2D eigenvalue weighted by Crippen LogP contribution is 2.30. The molecule has 1 aliphatic rings. The van der Waals surface area contributed by atoms with Crippen molar-refractivity contribution in [2.75, 3.05) is 22.4 Å². The van der Waals surface area contributed by atoms with E-state index in [0.717, 1.165) is 17.5 Å². The number of carbonyl (C=O) groups is 2. The summed E-state index contributed by atoms with van der Waals surface area (Å²) < 4.78 is 25.1. The number of amides is 2. The molecule has 2 aromatic carbocycles. The van der Waals surface area contributed by atoms with Crippen LogP contribution in [0.1, 0.15) is 41.8 Å². The fourth-order valence-corrected chi connectivity index (χ4v) is 4.31. The van der Waals surface area contributed by atoms with E-state index in [2.05, 4.69) is 10.6 Å². The molecule has 0 saturated heterocycles. The normalized spacial score (nSPS) is 14.2. The van der Waals surface area contributed by atoms with Crippen molar-refractivity contribution in [2.45, 2.75) is 33.2 Å². The van der Waals surface area contributed by atoms with Gasteiger partial charge in [0.05, 0.1) is 11.9 Å². The van der Waals surface area contributed by atoms with Gasteiger partial charge in [0.15, 0.2) is 0 Å². The van der Waals surface area contributed by atoms with Gasteiger partial charge in [0, 0.05) is 30.3 Å². The van der Waals surface area contributed by atoms with Gasteiger partial charge in [0.2, 0.25) is 15.9 Å². The Bertz CT molecular complexity index is 1070. The molecule has 2 amide bonds. The van der Waals surface area contributed by atoms with Crippen molar-refractivity contribution in [1.29, 1.82) is 0 Å². The molecule has 0 saturated carbocycles. The number of fused-ring (bicyclic) bond motifs is 1. The molecule has 160 valence electrons. The van der Waals surface area contributed by atoms with Gasteiger partial charge in [-0.1, -0.05) is 26.0 Å². The van der Waals surface area contributed by atoms with Gasteiger partial charge in [-0.2, -0.15) is 0 Å². The van der Waals surface area contributed by atoms with Gasteiger partial charge in [-0.15, -0.1) is 0 Å². The minimum Gasteiger partial charge on any atom is -0.348 e. The molecule has 1 heterocycles. The van der Waals surface area contributed by atoms with E-state index in [1.807, 2.05) is 38.1 Å². The summed E-state index contributed by atoms with van der Waals surface area (Å²) in [7, 11) is -3.31. The van der Waals surface area contributed by atoms with E-state index in [9.17, 15) is 18.0 Å². The van der Waals surface area contributed by atoms with Gasteiger partial charge in [-0.05, 0) is 54.3 Å². The van der Waals surface area contributed by atoms with E-state index in [-0.39, 0.29) is 17.7 Å². The average Bonchev–Trinajstić information content (AvgIpc) is 3.15. The van der Waals surface area contributed by atoms with Crippen molar-refractivity contribution in [2.24, 2.45) is 5.92 Å². The number of benzene rings is 2. The second-order valence-corrected chi connectivity index (χ2v) is 9.52.